The summed E-state index contributed by atoms with van der Waals surface area (Å²) in [4.78, 5) is 16.4. The van der Waals surface area contributed by atoms with Gasteiger partial charge in [-0.05, 0) is 30.3 Å². The van der Waals surface area contributed by atoms with Crippen molar-refractivity contribution in [1.82, 2.24) is 9.55 Å². The van der Waals surface area contributed by atoms with Crippen LogP contribution < -0.4 is 5.32 Å². The molecule has 0 aliphatic carbocycles. The van der Waals surface area contributed by atoms with Gasteiger partial charge in [0.05, 0.1) is 17.7 Å². The Bertz CT molecular complexity index is 769. The second-order valence-corrected chi connectivity index (χ2v) is 5.37. The summed E-state index contributed by atoms with van der Waals surface area (Å²) < 4.78 is 2.73. The zero-order valence-corrected chi connectivity index (χ0v) is 12.6. The summed E-state index contributed by atoms with van der Waals surface area (Å²) in [6.45, 7) is 0. The van der Waals surface area contributed by atoms with Crippen molar-refractivity contribution in [3.05, 3.63) is 77.3 Å². The Morgan fingerprint density at radius 1 is 1.14 bits per heavy atom. The highest BCUT2D eigenvalue weighted by Crippen LogP contribution is 2.21. The molecule has 1 amide bonds. The molecule has 3 rings (SSSR count). The smallest absolute Gasteiger partial charge is 0.255 e. The molecule has 0 fully saturated rings. The number of nitrogens with zero attached hydrogens (tertiary/aromatic N) is 2. The van der Waals surface area contributed by atoms with Gasteiger partial charge in [0, 0.05) is 22.4 Å². The number of amides is 1. The Hall–Kier alpha value is -2.40. The minimum Gasteiger partial charge on any atom is -0.320 e. The first-order valence-electron chi connectivity index (χ1n) is 6.38. The average Bonchev–Trinajstić information content (AvgIpc) is 3.02. The molecule has 2 aromatic carbocycles. The number of hydrogen-bond donors (Lipinski definition) is 1. The molecule has 1 heterocycles. The van der Waals surface area contributed by atoms with Gasteiger partial charge in [-0.2, -0.15) is 0 Å². The Labute approximate surface area is 130 Å². The molecule has 0 spiro atoms. The molecule has 0 radical (unpaired) electrons. The fraction of sp³-hybridized carbons (Fsp3) is 0. The predicted octanol–water partition coefficient (Wildman–Crippen LogP) is 3.89. The number of nitrogens with one attached hydrogen (secondary N) is 1. The van der Waals surface area contributed by atoms with Gasteiger partial charge in [0.1, 0.15) is 0 Å². The van der Waals surface area contributed by atoms with Crippen LogP contribution in [0, 0.1) is 0 Å². The number of imidazole rings is 1. The van der Waals surface area contributed by atoms with E-state index in [4.69, 9.17) is 0 Å². The molecule has 1 N–H and O–H groups in total. The van der Waals surface area contributed by atoms with Gasteiger partial charge < -0.3 is 9.88 Å². The molecule has 5 heteroatoms. The van der Waals surface area contributed by atoms with E-state index in [0.717, 1.165) is 15.8 Å². The van der Waals surface area contributed by atoms with E-state index < -0.39 is 0 Å². The fourth-order valence-electron chi connectivity index (χ4n) is 2.03. The minimum atomic E-state index is -0.149. The highest BCUT2D eigenvalue weighted by molar-refractivity contribution is 9.10. The van der Waals surface area contributed by atoms with Crippen molar-refractivity contribution in [2.24, 2.45) is 0 Å². The number of aromatic nitrogens is 2. The maximum Gasteiger partial charge on any atom is 0.255 e. The van der Waals surface area contributed by atoms with Crippen molar-refractivity contribution >= 4 is 27.5 Å². The molecular formula is C16H12BrN3O. The zero-order valence-electron chi connectivity index (χ0n) is 11.0. The molecule has 0 atom stereocenters. The van der Waals surface area contributed by atoms with Crippen LogP contribution in [-0.2, 0) is 0 Å². The van der Waals surface area contributed by atoms with Crippen molar-refractivity contribution in [1.29, 1.82) is 0 Å². The molecule has 0 saturated heterocycles. The maximum absolute atomic E-state index is 12.3. The lowest BCUT2D eigenvalue weighted by atomic mass is 10.2. The van der Waals surface area contributed by atoms with Crippen molar-refractivity contribution < 1.29 is 4.79 Å². The fourth-order valence-corrected chi connectivity index (χ4v) is 2.43. The predicted molar refractivity (Wildman–Crippen MR) is 85.7 cm³/mol. The number of hydrogen-bond acceptors (Lipinski definition) is 2. The Balaban J connectivity index is 1.90. The summed E-state index contributed by atoms with van der Waals surface area (Å²) in [5, 5.41) is 2.93. The zero-order chi connectivity index (χ0) is 14.7. The summed E-state index contributed by atoms with van der Waals surface area (Å²) in [6.07, 6.45) is 5.24. The number of anilines is 1. The van der Waals surface area contributed by atoms with Crippen LogP contribution in [0.15, 0.2) is 71.7 Å². The van der Waals surface area contributed by atoms with E-state index in [2.05, 4.69) is 26.2 Å². The Morgan fingerprint density at radius 2 is 2.00 bits per heavy atom. The van der Waals surface area contributed by atoms with Crippen LogP contribution in [0.2, 0.25) is 0 Å². The van der Waals surface area contributed by atoms with E-state index in [9.17, 15) is 4.79 Å². The van der Waals surface area contributed by atoms with Crippen molar-refractivity contribution in [2.75, 3.05) is 5.32 Å². The van der Waals surface area contributed by atoms with Crippen LogP contribution in [0.4, 0.5) is 5.69 Å². The highest BCUT2D eigenvalue weighted by Gasteiger charge is 2.10. The monoisotopic (exact) mass is 341 g/mol. The van der Waals surface area contributed by atoms with Gasteiger partial charge in [-0.25, -0.2) is 4.98 Å². The normalized spacial score (nSPS) is 10.3. The lowest BCUT2D eigenvalue weighted by molar-refractivity contribution is 0.102. The average molecular weight is 342 g/mol. The number of carbonyl (C=O) groups is 1. The van der Waals surface area contributed by atoms with Gasteiger partial charge in [-0.1, -0.05) is 34.1 Å². The molecular weight excluding hydrogens is 330 g/mol. The van der Waals surface area contributed by atoms with Crippen molar-refractivity contribution in [2.45, 2.75) is 0 Å². The van der Waals surface area contributed by atoms with E-state index in [1.54, 1.807) is 24.7 Å². The molecule has 0 unspecified atom stereocenters. The minimum absolute atomic E-state index is 0.149. The molecule has 0 aliphatic heterocycles. The third kappa shape index (κ3) is 3.03. The van der Waals surface area contributed by atoms with Crippen LogP contribution >= 0.6 is 15.9 Å². The Morgan fingerprint density at radius 3 is 2.76 bits per heavy atom. The van der Waals surface area contributed by atoms with E-state index in [-0.39, 0.29) is 5.91 Å². The number of para-hydroxylation sites is 2. The van der Waals surface area contributed by atoms with Gasteiger partial charge >= 0.3 is 0 Å². The van der Waals surface area contributed by atoms with Crippen LogP contribution in [0.25, 0.3) is 5.69 Å². The first-order valence-corrected chi connectivity index (χ1v) is 7.17. The first-order chi connectivity index (χ1) is 10.2. The van der Waals surface area contributed by atoms with Gasteiger partial charge in [-0.3, -0.25) is 4.79 Å². The van der Waals surface area contributed by atoms with Crippen LogP contribution in [0.5, 0.6) is 0 Å². The third-order valence-corrected chi connectivity index (χ3v) is 3.51. The van der Waals surface area contributed by atoms with Gasteiger partial charge in [0.25, 0.3) is 5.91 Å². The summed E-state index contributed by atoms with van der Waals surface area (Å²) in [6, 6.07) is 14.9. The molecule has 104 valence electrons. The van der Waals surface area contributed by atoms with E-state index >= 15 is 0 Å². The second kappa shape index (κ2) is 5.93. The molecule has 1 aromatic heterocycles. The quantitative estimate of drug-likeness (QED) is 0.785. The van der Waals surface area contributed by atoms with E-state index in [1.165, 1.54) is 0 Å². The standard InChI is InChI=1S/C16H12BrN3O/c17-13-5-3-4-12(10-13)16(21)19-14-6-1-2-7-15(14)20-9-8-18-11-20/h1-11H,(H,19,21). The lowest BCUT2D eigenvalue weighted by Gasteiger charge is -2.11. The lowest BCUT2D eigenvalue weighted by Crippen LogP contribution is -2.13. The Kier molecular flexibility index (Phi) is 3.83. The van der Waals surface area contributed by atoms with Crippen LogP contribution in [-0.4, -0.2) is 15.5 Å². The number of halogens is 1. The molecule has 3 aromatic rings. The van der Waals surface area contributed by atoms with E-state index in [1.807, 2.05) is 47.2 Å². The number of carbonyl (C=O) groups excluding carboxylic acids is 1. The number of rotatable bonds is 3. The highest BCUT2D eigenvalue weighted by atomic mass is 79.9. The maximum atomic E-state index is 12.3. The van der Waals surface area contributed by atoms with Crippen molar-refractivity contribution in [3.63, 3.8) is 0 Å². The summed E-state index contributed by atoms with van der Waals surface area (Å²) >= 11 is 3.37. The third-order valence-electron chi connectivity index (χ3n) is 3.02. The molecule has 0 bridgehead atoms. The molecule has 21 heavy (non-hydrogen) atoms. The van der Waals surface area contributed by atoms with Crippen LogP contribution in [0.1, 0.15) is 10.4 Å². The largest absolute Gasteiger partial charge is 0.320 e. The van der Waals surface area contributed by atoms with Crippen molar-refractivity contribution in [3.8, 4) is 5.69 Å². The summed E-state index contributed by atoms with van der Waals surface area (Å²) in [7, 11) is 0. The van der Waals surface area contributed by atoms with Crippen LogP contribution in [0.3, 0.4) is 0 Å². The molecule has 4 nitrogen and oxygen atoms in total. The van der Waals surface area contributed by atoms with Gasteiger partial charge in [-0.15, -0.1) is 0 Å². The summed E-state index contributed by atoms with van der Waals surface area (Å²) in [5.41, 5.74) is 2.21. The SMILES string of the molecule is O=C(Nc1ccccc1-n1ccnc1)c1cccc(Br)c1. The molecule has 0 saturated carbocycles. The molecule has 0 aliphatic rings. The second-order valence-electron chi connectivity index (χ2n) is 4.45. The van der Waals surface area contributed by atoms with Gasteiger partial charge in [0.15, 0.2) is 0 Å². The topological polar surface area (TPSA) is 46.9 Å². The summed E-state index contributed by atoms with van der Waals surface area (Å²) in [5.74, 6) is -0.149. The van der Waals surface area contributed by atoms with E-state index in [0.29, 0.717) is 5.56 Å². The number of benzene rings is 2. The first kappa shape index (κ1) is 13.6. The van der Waals surface area contributed by atoms with Gasteiger partial charge in [0.2, 0.25) is 0 Å².